The predicted molar refractivity (Wildman–Crippen MR) is 114 cm³/mol. The number of ether oxygens (including phenoxy) is 1. The van der Waals surface area contributed by atoms with Crippen molar-refractivity contribution in [1.82, 2.24) is 0 Å². The largest absolute Gasteiger partial charge is 0.399 e. The van der Waals surface area contributed by atoms with Gasteiger partial charge in [-0.1, -0.05) is 44.2 Å². The van der Waals surface area contributed by atoms with Gasteiger partial charge in [0.25, 0.3) is 0 Å². The standard InChI is InChI=1S/C24H33NO/c1-8-10-19-14-20(12-11-18(19)9-2)23-16(3)13-21(25)15-22(23)17(4)26-24(5,6)7/h9,11-15,17H,2,8,10,25H2,1,3-7H3. The van der Waals surface area contributed by atoms with E-state index >= 15 is 0 Å². The van der Waals surface area contributed by atoms with Gasteiger partial charge in [-0.25, -0.2) is 0 Å². The summed E-state index contributed by atoms with van der Waals surface area (Å²) >= 11 is 0. The van der Waals surface area contributed by atoms with Gasteiger partial charge >= 0.3 is 0 Å². The molecule has 0 fully saturated rings. The van der Waals surface area contributed by atoms with Gasteiger partial charge in [-0.3, -0.25) is 0 Å². The van der Waals surface area contributed by atoms with Gasteiger partial charge in [0.15, 0.2) is 0 Å². The third kappa shape index (κ3) is 4.76. The molecule has 0 saturated heterocycles. The summed E-state index contributed by atoms with van der Waals surface area (Å²) in [7, 11) is 0. The Morgan fingerprint density at radius 2 is 1.88 bits per heavy atom. The van der Waals surface area contributed by atoms with Crippen molar-refractivity contribution in [3.8, 4) is 11.1 Å². The summed E-state index contributed by atoms with van der Waals surface area (Å²) in [4.78, 5) is 0. The molecule has 0 aliphatic carbocycles. The number of nitrogen functional groups attached to an aromatic ring is 1. The summed E-state index contributed by atoms with van der Waals surface area (Å²) in [5, 5.41) is 0. The Labute approximate surface area is 159 Å². The fourth-order valence-corrected chi connectivity index (χ4v) is 3.60. The van der Waals surface area contributed by atoms with Crippen LogP contribution in [0, 0.1) is 6.92 Å². The highest BCUT2D eigenvalue weighted by Crippen LogP contribution is 2.37. The van der Waals surface area contributed by atoms with Crippen LogP contribution in [-0.2, 0) is 11.2 Å². The van der Waals surface area contributed by atoms with E-state index in [4.69, 9.17) is 10.5 Å². The van der Waals surface area contributed by atoms with Gasteiger partial charge in [0.2, 0.25) is 0 Å². The molecule has 0 aliphatic rings. The summed E-state index contributed by atoms with van der Waals surface area (Å²) in [6, 6.07) is 10.7. The number of hydrogen-bond donors (Lipinski definition) is 1. The molecule has 0 heterocycles. The molecule has 140 valence electrons. The average molecular weight is 352 g/mol. The highest BCUT2D eigenvalue weighted by molar-refractivity contribution is 5.76. The van der Waals surface area contributed by atoms with Crippen molar-refractivity contribution >= 4 is 11.8 Å². The SMILES string of the molecule is C=Cc1ccc(-c2c(C)cc(N)cc2C(C)OC(C)(C)C)cc1CCC. The minimum absolute atomic E-state index is 0.0408. The molecule has 0 aromatic heterocycles. The first-order valence-electron chi connectivity index (χ1n) is 9.49. The molecule has 2 heteroatoms. The molecule has 1 atom stereocenters. The monoisotopic (exact) mass is 351 g/mol. The van der Waals surface area contributed by atoms with Crippen molar-refractivity contribution in [2.45, 2.75) is 66.1 Å². The van der Waals surface area contributed by atoms with Gasteiger partial charge in [-0.2, -0.15) is 0 Å². The Bertz CT molecular complexity index is 784. The van der Waals surface area contributed by atoms with Crippen molar-refractivity contribution in [3.05, 3.63) is 59.2 Å². The molecule has 0 bridgehead atoms. The van der Waals surface area contributed by atoms with Crippen molar-refractivity contribution in [1.29, 1.82) is 0 Å². The molecule has 2 nitrogen and oxygen atoms in total. The van der Waals surface area contributed by atoms with E-state index in [9.17, 15) is 0 Å². The smallest absolute Gasteiger partial charge is 0.0810 e. The van der Waals surface area contributed by atoms with E-state index < -0.39 is 0 Å². The van der Waals surface area contributed by atoms with E-state index in [-0.39, 0.29) is 11.7 Å². The van der Waals surface area contributed by atoms with Gasteiger partial charge in [-0.15, -0.1) is 0 Å². The average Bonchev–Trinajstić information content (AvgIpc) is 2.53. The number of anilines is 1. The molecule has 0 aliphatic heterocycles. The van der Waals surface area contributed by atoms with Crippen LogP contribution in [0.15, 0.2) is 36.9 Å². The summed E-state index contributed by atoms with van der Waals surface area (Å²) in [6.45, 7) is 16.6. The zero-order valence-corrected chi connectivity index (χ0v) is 17.1. The summed E-state index contributed by atoms with van der Waals surface area (Å²) < 4.78 is 6.25. The lowest BCUT2D eigenvalue weighted by molar-refractivity contribution is -0.0527. The Kier molecular flexibility index (Phi) is 6.30. The van der Waals surface area contributed by atoms with Crippen LogP contribution in [0.3, 0.4) is 0 Å². The molecule has 26 heavy (non-hydrogen) atoms. The molecule has 0 spiro atoms. The first-order valence-corrected chi connectivity index (χ1v) is 9.49. The summed E-state index contributed by atoms with van der Waals surface area (Å²) in [5.74, 6) is 0. The van der Waals surface area contributed by atoms with E-state index in [1.54, 1.807) is 0 Å². The van der Waals surface area contributed by atoms with Crippen LogP contribution in [-0.4, -0.2) is 5.60 Å². The molecule has 0 saturated carbocycles. The van der Waals surface area contributed by atoms with Crippen LogP contribution in [0.2, 0.25) is 0 Å². The van der Waals surface area contributed by atoms with Crippen molar-refractivity contribution in [3.63, 3.8) is 0 Å². The number of aryl methyl sites for hydroxylation is 2. The minimum Gasteiger partial charge on any atom is -0.399 e. The lowest BCUT2D eigenvalue weighted by atomic mass is 9.89. The quantitative estimate of drug-likeness (QED) is 0.587. The molecule has 2 rings (SSSR count). The third-order valence-corrected chi connectivity index (χ3v) is 4.53. The van der Waals surface area contributed by atoms with Crippen LogP contribution in [0.1, 0.15) is 69.4 Å². The molecular formula is C24H33NO. The molecule has 0 radical (unpaired) electrons. The molecule has 2 N–H and O–H groups in total. The van der Waals surface area contributed by atoms with E-state index in [0.717, 1.165) is 24.1 Å². The van der Waals surface area contributed by atoms with Crippen molar-refractivity contribution in [2.24, 2.45) is 0 Å². The Balaban J connectivity index is 2.62. The van der Waals surface area contributed by atoms with Crippen LogP contribution < -0.4 is 5.73 Å². The molecule has 0 amide bonds. The fourth-order valence-electron chi connectivity index (χ4n) is 3.60. The zero-order valence-electron chi connectivity index (χ0n) is 17.1. The topological polar surface area (TPSA) is 35.2 Å². The lowest BCUT2D eigenvalue weighted by Crippen LogP contribution is -2.21. The maximum atomic E-state index is 6.25. The second-order valence-corrected chi connectivity index (χ2v) is 8.04. The first-order chi connectivity index (χ1) is 12.2. The number of rotatable bonds is 6. The zero-order chi connectivity index (χ0) is 19.5. The Hall–Kier alpha value is -2.06. The van der Waals surface area contributed by atoms with Gasteiger partial charge in [-0.05, 0) is 86.6 Å². The maximum Gasteiger partial charge on any atom is 0.0810 e. The fraction of sp³-hybridized carbons (Fsp3) is 0.417. The molecule has 2 aromatic rings. The van der Waals surface area contributed by atoms with Crippen LogP contribution in [0.25, 0.3) is 17.2 Å². The van der Waals surface area contributed by atoms with Gasteiger partial charge < -0.3 is 10.5 Å². The van der Waals surface area contributed by atoms with Crippen molar-refractivity contribution < 1.29 is 4.74 Å². The maximum absolute atomic E-state index is 6.25. The predicted octanol–water partition coefficient (Wildman–Crippen LogP) is 6.72. The van der Waals surface area contributed by atoms with E-state index in [1.165, 1.54) is 27.8 Å². The van der Waals surface area contributed by atoms with E-state index in [2.05, 4.69) is 72.4 Å². The number of benzene rings is 2. The molecule has 2 aromatic carbocycles. The van der Waals surface area contributed by atoms with Gasteiger partial charge in [0.05, 0.1) is 11.7 Å². The summed E-state index contributed by atoms with van der Waals surface area (Å²) in [6.07, 6.45) is 4.06. The summed E-state index contributed by atoms with van der Waals surface area (Å²) in [5.41, 5.74) is 14.0. The van der Waals surface area contributed by atoms with Crippen LogP contribution in [0.5, 0.6) is 0 Å². The number of hydrogen-bond acceptors (Lipinski definition) is 2. The Morgan fingerprint density at radius 1 is 1.19 bits per heavy atom. The van der Waals surface area contributed by atoms with Crippen LogP contribution in [0.4, 0.5) is 5.69 Å². The van der Waals surface area contributed by atoms with Gasteiger partial charge in [0, 0.05) is 5.69 Å². The highest BCUT2D eigenvalue weighted by Gasteiger charge is 2.21. The van der Waals surface area contributed by atoms with E-state index in [0.29, 0.717) is 0 Å². The van der Waals surface area contributed by atoms with Crippen LogP contribution >= 0.6 is 0 Å². The van der Waals surface area contributed by atoms with Gasteiger partial charge in [0.1, 0.15) is 0 Å². The second-order valence-electron chi connectivity index (χ2n) is 8.04. The highest BCUT2D eigenvalue weighted by atomic mass is 16.5. The first kappa shape index (κ1) is 20.3. The normalized spacial score (nSPS) is 12.8. The van der Waals surface area contributed by atoms with Crippen molar-refractivity contribution in [2.75, 3.05) is 5.73 Å². The molecule has 1 unspecified atom stereocenters. The minimum atomic E-state index is -0.213. The lowest BCUT2D eigenvalue weighted by Gasteiger charge is -2.28. The second kappa shape index (κ2) is 8.09. The molecular weight excluding hydrogens is 318 g/mol. The van der Waals surface area contributed by atoms with E-state index in [1.807, 2.05) is 12.1 Å². The number of nitrogens with two attached hydrogens (primary N) is 1. The third-order valence-electron chi connectivity index (χ3n) is 4.53. The Morgan fingerprint density at radius 3 is 2.46 bits per heavy atom.